The molecule has 0 amide bonds. The first-order valence-corrected chi connectivity index (χ1v) is 23.0. The van der Waals surface area contributed by atoms with Crippen LogP contribution in [0.3, 0.4) is 0 Å². The van der Waals surface area contributed by atoms with Crippen LogP contribution in [0.5, 0.6) is 0 Å². The Hall–Kier alpha value is -7.04. The first kappa shape index (κ1) is 37.7. The van der Waals surface area contributed by atoms with Crippen LogP contribution in [-0.2, 0) is 11.1 Å². The number of hydrogen-bond acceptors (Lipinski definition) is 1. The summed E-state index contributed by atoms with van der Waals surface area (Å²) in [5.74, 6) is 0. The average Bonchev–Trinajstić information content (AvgIpc) is 4.08. The molecule has 0 N–H and O–H groups in total. The van der Waals surface area contributed by atoms with E-state index in [-0.39, 0.29) is 11.1 Å². The number of nitrogens with zero attached hydrogens (tertiary/aromatic N) is 3. The summed E-state index contributed by atoms with van der Waals surface area (Å²) in [7, 11) is 0. The van der Waals surface area contributed by atoms with E-state index in [4.69, 9.17) is 4.42 Å². The number of rotatable bonds is 10. The van der Waals surface area contributed by atoms with Crippen LogP contribution in [0.2, 0.25) is 0 Å². The lowest BCUT2D eigenvalue weighted by atomic mass is 9.83. The summed E-state index contributed by atoms with van der Waals surface area (Å²) >= 11 is 0. The molecule has 0 fully saturated rings. The summed E-state index contributed by atoms with van der Waals surface area (Å²) in [6.45, 7) is 9.54. The second kappa shape index (κ2) is 14.3. The number of furan rings is 1. The Morgan fingerprint density at radius 2 is 0.889 bits per heavy atom. The maximum Gasteiger partial charge on any atom is 0.135 e. The Bertz CT molecular complexity index is 3680. The Kier molecular flexibility index (Phi) is 8.53. The van der Waals surface area contributed by atoms with Crippen molar-refractivity contribution in [2.75, 3.05) is 0 Å². The van der Waals surface area contributed by atoms with Gasteiger partial charge in [-0.2, -0.15) is 0 Å². The lowest BCUT2D eigenvalue weighted by Crippen LogP contribution is -2.33. The fraction of sp³-hybridized carbons (Fsp3) is 0.186. The van der Waals surface area contributed by atoms with E-state index in [1.54, 1.807) is 0 Å². The minimum atomic E-state index is -0.298. The Balaban J connectivity index is 1.06. The molecule has 0 spiro atoms. The van der Waals surface area contributed by atoms with E-state index in [2.05, 4.69) is 211 Å². The van der Waals surface area contributed by atoms with Crippen LogP contribution in [0, 0.1) is 0 Å². The fourth-order valence-corrected chi connectivity index (χ4v) is 11.6. The molecule has 4 heterocycles. The van der Waals surface area contributed by atoms with Gasteiger partial charge in [-0.15, -0.1) is 0 Å². The van der Waals surface area contributed by atoms with E-state index >= 15 is 0 Å². The van der Waals surface area contributed by atoms with Crippen LogP contribution < -0.4 is 0 Å². The lowest BCUT2D eigenvalue weighted by Gasteiger charge is -2.37. The van der Waals surface area contributed by atoms with Crippen molar-refractivity contribution in [3.8, 4) is 5.69 Å². The topological polar surface area (TPSA) is 27.9 Å². The molecule has 1 atom stereocenters. The van der Waals surface area contributed by atoms with E-state index in [0.717, 1.165) is 59.7 Å². The third-order valence-corrected chi connectivity index (χ3v) is 14.8. The zero-order valence-electron chi connectivity index (χ0n) is 36.5. The average molecular weight is 818 g/mol. The van der Waals surface area contributed by atoms with Crippen LogP contribution in [0.15, 0.2) is 180 Å². The van der Waals surface area contributed by atoms with Crippen LogP contribution in [0.1, 0.15) is 70.9 Å². The number of aromatic nitrogens is 3. The molecule has 0 aliphatic carbocycles. The molecule has 8 aromatic carbocycles. The first-order chi connectivity index (χ1) is 31.0. The van der Waals surface area contributed by atoms with Gasteiger partial charge in [0.2, 0.25) is 0 Å². The number of benzene rings is 8. The Morgan fingerprint density at radius 3 is 1.56 bits per heavy atom. The van der Waals surface area contributed by atoms with E-state index < -0.39 is 0 Å². The molecule has 0 saturated carbocycles. The number of fused-ring (bicyclic) bond motifs is 12. The van der Waals surface area contributed by atoms with Crippen LogP contribution in [0.25, 0.3) is 93.0 Å². The molecule has 1 unspecified atom stereocenters. The zero-order chi connectivity index (χ0) is 42.5. The van der Waals surface area contributed by atoms with Gasteiger partial charge in [0.1, 0.15) is 11.2 Å². The van der Waals surface area contributed by atoms with Crippen LogP contribution >= 0.6 is 0 Å². The predicted molar refractivity (Wildman–Crippen MR) is 267 cm³/mol. The highest BCUT2D eigenvalue weighted by Gasteiger charge is 2.36. The van der Waals surface area contributed by atoms with Crippen molar-refractivity contribution < 1.29 is 4.42 Å². The third-order valence-electron chi connectivity index (χ3n) is 14.8. The highest BCUT2D eigenvalue weighted by molar-refractivity contribution is 6.12. The first-order valence-electron chi connectivity index (χ1n) is 23.0. The molecule has 4 heteroatoms. The van der Waals surface area contributed by atoms with E-state index in [0.29, 0.717) is 0 Å². The largest absolute Gasteiger partial charge is 0.456 e. The summed E-state index contributed by atoms with van der Waals surface area (Å²) in [6, 6.07) is 65.7. The molecule has 0 aliphatic heterocycles. The molecule has 0 radical (unpaired) electrons. The van der Waals surface area contributed by atoms with Crippen molar-refractivity contribution in [3.05, 3.63) is 187 Å². The molecule has 12 aromatic rings. The smallest absolute Gasteiger partial charge is 0.135 e. The van der Waals surface area contributed by atoms with Gasteiger partial charge in [-0.3, -0.25) is 0 Å². The van der Waals surface area contributed by atoms with Gasteiger partial charge in [0.15, 0.2) is 0 Å². The normalized spacial score (nSPS) is 13.5. The van der Waals surface area contributed by atoms with Gasteiger partial charge in [0.25, 0.3) is 0 Å². The second-order valence-corrected chi connectivity index (χ2v) is 17.9. The Labute approximate surface area is 367 Å². The van der Waals surface area contributed by atoms with Gasteiger partial charge in [0, 0.05) is 70.8 Å². The third kappa shape index (κ3) is 5.34. The second-order valence-electron chi connectivity index (χ2n) is 17.9. The van der Waals surface area contributed by atoms with Gasteiger partial charge >= 0.3 is 0 Å². The fourth-order valence-electron chi connectivity index (χ4n) is 11.6. The summed E-state index contributed by atoms with van der Waals surface area (Å²) < 4.78 is 14.0. The van der Waals surface area contributed by atoms with Crippen molar-refractivity contribution in [3.63, 3.8) is 0 Å². The summed E-state index contributed by atoms with van der Waals surface area (Å²) in [5, 5.41) is 10.1. The predicted octanol–water partition coefficient (Wildman–Crippen LogP) is 16.4. The number of unbranched alkanes of at least 4 members (excludes halogenated alkanes) is 1. The van der Waals surface area contributed by atoms with Crippen LogP contribution in [0.4, 0.5) is 0 Å². The van der Waals surface area contributed by atoms with Gasteiger partial charge in [-0.1, -0.05) is 137 Å². The highest BCUT2D eigenvalue weighted by atomic mass is 16.3. The van der Waals surface area contributed by atoms with Gasteiger partial charge in [0.05, 0.1) is 22.1 Å². The molecule has 0 bridgehead atoms. The molecule has 12 rings (SSSR count). The van der Waals surface area contributed by atoms with E-state index in [9.17, 15) is 0 Å². The molecule has 4 nitrogen and oxygen atoms in total. The lowest BCUT2D eigenvalue weighted by molar-refractivity contribution is 0.349. The molecule has 0 aliphatic rings. The molecular weight excluding hydrogens is 767 g/mol. The molecule has 4 aromatic heterocycles. The SMILES string of the molecule is CCCCC(C)(c1ccc2c(c1)c1ccccc1n2C(CC)(CC)c1ccc2c(c1)c1ccccc1n2-c1ccc2oc3ccccc3c2c1)n1c2ccccc2c2ccccc21. The molecule has 63 heavy (non-hydrogen) atoms. The molecule has 0 saturated heterocycles. The highest BCUT2D eigenvalue weighted by Crippen LogP contribution is 2.47. The Morgan fingerprint density at radius 1 is 0.413 bits per heavy atom. The van der Waals surface area contributed by atoms with Crippen molar-refractivity contribution >= 4 is 87.4 Å². The van der Waals surface area contributed by atoms with Crippen molar-refractivity contribution in [1.82, 2.24) is 13.7 Å². The van der Waals surface area contributed by atoms with E-state index in [1.165, 1.54) is 76.5 Å². The quantitative estimate of drug-likeness (QED) is 0.135. The van der Waals surface area contributed by atoms with Crippen LogP contribution in [-0.4, -0.2) is 13.7 Å². The minimum Gasteiger partial charge on any atom is -0.456 e. The summed E-state index contributed by atoms with van der Waals surface area (Å²) in [5.41, 5.74) is 12.7. The zero-order valence-corrected chi connectivity index (χ0v) is 36.5. The van der Waals surface area contributed by atoms with E-state index in [1.807, 2.05) is 6.07 Å². The van der Waals surface area contributed by atoms with Crippen molar-refractivity contribution in [2.45, 2.75) is 70.9 Å². The van der Waals surface area contributed by atoms with Crippen molar-refractivity contribution in [1.29, 1.82) is 0 Å². The maximum absolute atomic E-state index is 6.25. The summed E-state index contributed by atoms with van der Waals surface area (Å²) in [6.07, 6.45) is 5.22. The van der Waals surface area contributed by atoms with Gasteiger partial charge in [-0.05, 0) is 110 Å². The standard InChI is InChI=1S/C59H51N3O/c1-5-8-35-58(4,61-52-25-15-10-19-42(52)43-20-11-16-26-53(43)61)39-29-33-55-48(36-39)45-22-12-17-27-54(45)62(55)59(6-2,7-3)40-30-32-51-47(37-40)44-21-9-14-24-50(44)60(51)41-31-34-57-49(38-41)46-23-13-18-28-56(46)63-57/h9-34,36-38H,5-8,35H2,1-4H3. The monoisotopic (exact) mass is 817 g/mol. The minimum absolute atomic E-state index is 0.267. The van der Waals surface area contributed by atoms with Gasteiger partial charge < -0.3 is 18.1 Å². The number of para-hydroxylation sites is 5. The molecular formula is C59H51N3O. The summed E-state index contributed by atoms with van der Waals surface area (Å²) in [4.78, 5) is 0. The van der Waals surface area contributed by atoms with Crippen molar-refractivity contribution in [2.24, 2.45) is 0 Å². The van der Waals surface area contributed by atoms with Gasteiger partial charge in [-0.25, -0.2) is 0 Å². The maximum atomic E-state index is 6.25. The number of hydrogen-bond donors (Lipinski definition) is 0. The molecule has 308 valence electrons.